The van der Waals surface area contributed by atoms with Crippen molar-refractivity contribution in [1.29, 1.82) is 0 Å². The van der Waals surface area contributed by atoms with E-state index in [1.165, 1.54) is 6.07 Å². The van der Waals surface area contributed by atoms with Crippen molar-refractivity contribution in [2.45, 2.75) is 10.9 Å². The van der Waals surface area contributed by atoms with Crippen LogP contribution < -0.4 is 4.72 Å². The van der Waals surface area contributed by atoms with Gasteiger partial charge >= 0.3 is 0 Å². The number of benzene rings is 2. The van der Waals surface area contributed by atoms with E-state index in [1.807, 2.05) is 30.3 Å². The van der Waals surface area contributed by atoms with Crippen LogP contribution in [0.3, 0.4) is 0 Å². The summed E-state index contributed by atoms with van der Waals surface area (Å²) >= 11 is 6.04. The lowest BCUT2D eigenvalue weighted by molar-refractivity contribution is 0.0172. The number of hydrogen-bond acceptors (Lipinski definition) is 4. The molecular weight excluding hydrogens is 360 g/mol. The topological polar surface area (TPSA) is 58.6 Å². The fourth-order valence-corrected chi connectivity index (χ4v) is 4.51. The Balaban J connectivity index is 1.80. The molecule has 25 heavy (non-hydrogen) atoms. The Bertz CT molecular complexity index is 793. The number of halogens is 1. The molecule has 7 heteroatoms. The maximum atomic E-state index is 12.6. The summed E-state index contributed by atoms with van der Waals surface area (Å²) in [5.41, 5.74) is 1.08. The van der Waals surface area contributed by atoms with Crippen LogP contribution in [-0.2, 0) is 14.8 Å². The molecule has 2 aromatic rings. The zero-order chi connectivity index (χ0) is 17.7. The second-order valence-corrected chi connectivity index (χ2v) is 8.00. The van der Waals surface area contributed by atoms with Crippen molar-refractivity contribution in [1.82, 2.24) is 9.62 Å². The van der Waals surface area contributed by atoms with E-state index in [0.29, 0.717) is 13.2 Å². The van der Waals surface area contributed by atoms with Crippen LogP contribution in [0.15, 0.2) is 59.5 Å². The molecule has 5 nitrogen and oxygen atoms in total. The summed E-state index contributed by atoms with van der Waals surface area (Å²) in [5, 5.41) is 0.220. The molecule has 1 heterocycles. The minimum atomic E-state index is -3.67. The van der Waals surface area contributed by atoms with Crippen molar-refractivity contribution in [3.8, 4) is 0 Å². The highest BCUT2D eigenvalue weighted by Gasteiger charge is 2.25. The molecule has 134 valence electrons. The predicted molar refractivity (Wildman–Crippen MR) is 98.2 cm³/mol. The summed E-state index contributed by atoms with van der Waals surface area (Å²) in [6.07, 6.45) is 0. The van der Waals surface area contributed by atoms with Crippen LogP contribution in [0.1, 0.15) is 11.6 Å². The third kappa shape index (κ3) is 4.59. The van der Waals surface area contributed by atoms with Crippen molar-refractivity contribution >= 4 is 21.6 Å². The quantitative estimate of drug-likeness (QED) is 0.837. The van der Waals surface area contributed by atoms with Gasteiger partial charge in [0.05, 0.1) is 18.2 Å². The second-order valence-electron chi connectivity index (χ2n) is 5.86. The van der Waals surface area contributed by atoms with E-state index in [4.69, 9.17) is 16.3 Å². The number of nitrogens with one attached hydrogen (secondary N) is 1. The molecule has 0 spiro atoms. The fourth-order valence-electron chi connectivity index (χ4n) is 2.95. The Morgan fingerprint density at radius 3 is 2.36 bits per heavy atom. The molecule has 3 rings (SSSR count). The van der Waals surface area contributed by atoms with E-state index in [0.717, 1.165) is 18.7 Å². The Hall–Kier alpha value is -1.44. The van der Waals surface area contributed by atoms with E-state index in [9.17, 15) is 8.42 Å². The number of morpholine rings is 1. The van der Waals surface area contributed by atoms with Gasteiger partial charge in [-0.25, -0.2) is 13.1 Å². The summed E-state index contributed by atoms with van der Waals surface area (Å²) in [5.74, 6) is 0. The molecule has 1 atom stereocenters. The normalized spacial score (nSPS) is 17.3. The molecule has 2 aromatic carbocycles. The minimum Gasteiger partial charge on any atom is -0.379 e. The van der Waals surface area contributed by atoms with E-state index in [2.05, 4.69) is 9.62 Å². The Morgan fingerprint density at radius 1 is 1.04 bits per heavy atom. The Labute approximate surface area is 153 Å². The van der Waals surface area contributed by atoms with E-state index >= 15 is 0 Å². The van der Waals surface area contributed by atoms with Crippen LogP contribution >= 0.6 is 11.6 Å². The molecule has 1 fully saturated rings. The molecule has 0 saturated carbocycles. The summed E-state index contributed by atoms with van der Waals surface area (Å²) in [6.45, 7) is 3.12. The predicted octanol–water partition coefficient (Wildman–Crippen LogP) is 2.69. The summed E-state index contributed by atoms with van der Waals surface area (Å²) in [4.78, 5) is 2.35. The lowest BCUT2D eigenvalue weighted by Crippen LogP contribution is -2.43. The van der Waals surface area contributed by atoms with Gasteiger partial charge in [-0.05, 0) is 17.7 Å². The number of hydrogen-bond donors (Lipinski definition) is 1. The molecule has 1 saturated heterocycles. The summed E-state index contributed by atoms with van der Waals surface area (Å²) < 4.78 is 33.4. The van der Waals surface area contributed by atoms with Gasteiger partial charge in [0.1, 0.15) is 4.90 Å². The van der Waals surface area contributed by atoms with Crippen molar-refractivity contribution in [2.24, 2.45) is 0 Å². The molecule has 0 aliphatic carbocycles. The first-order chi connectivity index (χ1) is 12.1. The second kappa shape index (κ2) is 8.29. The average Bonchev–Trinajstić information content (AvgIpc) is 2.64. The van der Waals surface area contributed by atoms with Gasteiger partial charge in [0.25, 0.3) is 0 Å². The van der Waals surface area contributed by atoms with Crippen molar-refractivity contribution in [2.75, 3.05) is 32.8 Å². The molecule has 0 bridgehead atoms. The maximum Gasteiger partial charge on any atom is 0.242 e. The molecule has 1 aliphatic rings. The van der Waals surface area contributed by atoms with Crippen molar-refractivity contribution in [3.05, 3.63) is 65.2 Å². The largest absolute Gasteiger partial charge is 0.379 e. The molecule has 0 radical (unpaired) electrons. The molecule has 1 aliphatic heterocycles. The van der Waals surface area contributed by atoms with E-state index in [-0.39, 0.29) is 22.5 Å². The lowest BCUT2D eigenvalue weighted by Gasteiger charge is -2.34. The third-order valence-electron chi connectivity index (χ3n) is 4.26. The summed E-state index contributed by atoms with van der Waals surface area (Å²) in [6, 6.07) is 16.3. The lowest BCUT2D eigenvalue weighted by atomic mass is 10.1. The van der Waals surface area contributed by atoms with Gasteiger partial charge < -0.3 is 4.74 Å². The Morgan fingerprint density at radius 2 is 1.68 bits per heavy atom. The monoisotopic (exact) mass is 380 g/mol. The molecule has 1 N–H and O–H groups in total. The zero-order valence-corrected chi connectivity index (χ0v) is 15.3. The van der Waals surface area contributed by atoms with Crippen LogP contribution in [0.2, 0.25) is 5.02 Å². The highest BCUT2D eigenvalue weighted by atomic mass is 35.5. The number of sulfonamides is 1. The SMILES string of the molecule is O=S(=O)(NC[C@H](c1ccccc1)N1CCOCC1)c1ccccc1Cl. The van der Waals surface area contributed by atoms with Crippen LogP contribution in [-0.4, -0.2) is 46.2 Å². The molecule has 0 amide bonds. The van der Waals surface area contributed by atoms with Crippen molar-refractivity contribution < 1.29 is 13.2 Å². The van der Waals surface area contributed by atoms with Gasteiger partial charge in [-0.1, -0.05) is 54.1 Å². The first-order valence-electron chi connectivity index (χ1n) is 8.19. The van der Waals surface area contributed by atoms with E-state index < -0.39 is 10.0 Å². The van der Waals surface area contributed by atoms with Crippen LogP contribution in [0.25, 0.3) is 0 Å². The van der Waals surface area contributed by atoms with Crippen molar-refractivity contribution in [3.63, 3.8) is 0 Å². The van der Waals surface area contributed by atoms with Crippen LogP contribution in [0.5, 0.6) is 0 Å². The summed E-state index contributed by atoms with van der Waals surface area (Å²) in [7, 11) is -3.67. The average molecular weight is 381 g/mol. The number of rotatable bonds is 6. The number of ether oxygens (including phenoxy) is 1. The molecular formula is C18H21ClN2O3S. The van der Waals surface area contributed by atoms with Gasteiger partial charge in [-0.15, -0.1) is 0 Å². The van der Waals surface area contributed by atoms with Gasteiger partial charge in [-0.2, -0.15) is 0 Å². The maximum absolute atomic E-state index is 12.6. The van der Waals surface area contributed by atoms with Gasteiger partial charge in [-0.3, -0.25) is 4.90 Å². The minimum absolute atomic E-state index is 0.0534. The highest BCUT2D eigenvalue weighted by Crippen LogP contribution is 2.24. The third-order valence-corrected chi connectivity index (χ3v) is 6.19. The zero-order valence-electron chi connectivity index (χ0n) is 13.8. The Kier molecular flexibility index (Phi) is 6.09. The molecule has 0 aromatic heterocycles. The highest BCUT2D eigenvalue weighted by molar-refractivity contribution is 7.89. The standard InChI is InChI=1S/C18H21ClN2O3S/c19-16-8-4-5-9-18(16)25(22,23)20-14-17(15-6-2-1-3-7-15)21-10-12-24-13-11-21/h1-9,17,20H,10-14H2/t17-/m1/s1. The van der Waals surface area contributed by atoms with E-state index in [1.54, 1.807) is 18.2 Å². The first kappa shape index (κ1) is 18.4. The number of nitrogens with zero attached hydrogens (tertiary/aromatic N) is 1. The van der Waals surface area contributed by atoms with Crippen LogP contribution in [0.4, 0.5) is 0 Å². The van der Waals surface area contributed by atoms with Gasteiger partial charge in [0, 0.05) is 25.7 Å². The van der Waals surface area contributed by atoms with Gasteiger partial charge in [0.2, 0.25) is 10.0 Å². The smallest absolute Gasteiger partial charge is 0.242 e. The van der Waals surface area contributed by atoms with Crippen LogP contribution in [0, 0.1) is 0 Å². The molecule has 0 unspecified atom stereocenters. The fraction of sp³-hybridized carbons (Fsp3) is 0.333. The van der Waals surface area contributed by atoms with Gasteiger partial charge in [0.15, 0.2) is 0 Å². The first-order valence-corrected chi connectivity index (χ1v) is 10.0.